The van der Waals surface area contributed by atoms with Gasteiger partial charge in [-0.3, -0.25) is 4.79 Å². The normalized spacial score (nSPS) is 15.8. The summed E-state index contributed by atoms with van der Waals surface area (Å²) in [5, 5.41) is 11.5. The highest BCUT2D eigenvalue weighted by Gasteiger charge is 2.24. The van der Waals surface area contributed by atoms with E-state index < -0.39 is 5.97 Å². The highest BCUT2D eigenvalue weighted by molar-refractivity contribution is 8.00. The van der Waals surface area contributed by atoms with Crippen LogP contribution < -0.4 is 5.32 Å². The number of carbonyl (C=O) groups is 2. The van der Waals surface area contributed by atoms with Gasteiger partial charge in [-0.25, -0.2) is 4.79 Å². The third-order valence-electron chi connectivity index (χ3n) is 3.57. The smallest absolute Gasteiger partial charge is 0.338 e. The number of carbonyl (C=O) groups excluding carboxylic acids is 2. The second kappa shape index (κ2) is 6.77. The Morgan fingerprint density at radius 3 is 2.96 bits per heavy atom. The summed E-state index contributed by atoms with van der Waals surface area (Å²) in [6.07, 6.45) is 0. The lowest BCUT2D eigenvalue weighted by atomic mass is 10.1. The van der Waals surface area contributed by atoms with Crippen LogP contribution in [0, 0.1) is 11.3 Å². The Labute approximate surface area is 143 Å². The van der Waals surface area contributed by atoms with E-state index in [1.165, 1.54) is 11.8 Å². The fourth-order valence-corrected chi connectivity index (χ4v) is 3.23. The third-order valence-corrected chi connectivity index (χ3v) is 4.75. The van der Waals surface area contributed by atoms with E-state index in [4.69, 9.17) is 10.00 Å². The van der Waals surface area contributed by atoms with E-state index in [0.717, 1.165) is 10.5 Å². The lowest BCUT2D eigenvalue weighted by molar-refractivity contribution is -0.115. The first-order chi connectivity index (χ1) is 11.6. The van der Waals surface area contributed by atoms with Gasteiger partial charge >= 0.3 is 5.97 Å². The summed E-state index contributed by atoms with van der Waals surface area (Å²) in [7, 11) is 0. The van der Waals surface area contributed by atoms with Crippen LogP contribution in [0.2, 0.25) is 0 Å². The number of hydrogen-bond acceptors (Lipinski definition) is 5. The van der Waals surface area contributed by atoms with E-state index in [2.05, 4.69) is 5.32 Å². The number of thioether (sulfide) groups is 1. The average molecular weight is 338 g/mol. The van der Waals surface area contributed by atoms with Crippen molar-refractivity contribution in [2.24, 2.45) is 0 Å². The van der Waals surface area contributed by atoms with E-state index in [-0.39, 0.29) is 17.8 Å². The van der Waals surface area contributed by atoms with Crippen molar-refractivity contribution in [2.45, 2.75) is 23.7 Å². The van der Waals surface area contributed by atoms with Crippen LogP contribution in [0.25, 0.3) is 0 Å². The number of fused-ring (bicyclic) bond motifs is 1. The molecule has 0 aliphatic carbocycles. The highest BCUT2D eigenvalue weighted by atomic mass is 32.2. The topological polar surface area (TPSA) is 79.2 Å². The molecule has 24 heavy (non-hydrogen) atoms. The molecule has 1 aliphatic heterocycles. The molecule has 1 amide bonds. The summed E-state index contributed by atoms with van der Waals surface area (Å²) in [6.45, 7) is 1.92. The molecule has 1 atom stereocenters. The first-order valence-corrected chi connectivity index (χ1v) is 8.22. The monoisotopic (exact) mass is 338 g/mol. The summed E-state index contributed by atoms with van der Waals surface area (Å²) in [5.74, 6) is -0.552. The molecule has 0 saturated heterocycles. The molecule has 0 spiro atoms. The van der Waals surface area contributed by atoms with Gasteiger partial charge in [-0.15, -0.1) is 11.8 Å². The molecule has 2 aromatic rings. The van der Waals surface area contributed by atoms with Crippen LogP contribution in [0.1, 0.15) is 28.4 Å². The molecular formula is C18H14N2O3S. The van der Waals surface area contributed by atoms with Crippen LogP contribution >= 0.6 is 11.8 Å². The first-order valence-electron chi connectivity index (χ1n) is 7.34. The van der Waals surface area contributed by atoms with Crippen LogP contribution in [0.4, 0.5) is 5.69 Å². The molecule has 2 aromatic carbocycles. The quantitative estimate of drug-likeness (QED) is 0.868. The van der Waals surface area contributed by atoms with Gasteiger partial charge in [0.1, 0.15) is 6.61 Å². The Balaban J connectivity index is 1.70. The van der Waals surface area contributed by atoms with Gasteiger partial charge in [-0.1, -0.05) is 12.1 Å². The number of rotatable bonds is 3. The number of ether oxygens (including phenoxy) is 1. The summed E-state index contributed by atoms with van der Waals surface area (Å²) in [6, 6.07) is 14.1. The van der Waals surface area contributed by atoms with Crippen molar-refractivity contribution in [3.8, 4) is 6.07 Å². The fraction of sp³-hybridized carbons (Fsp3) is 0.167. The largest absolute Gasteiger partial charge is 0.457 e. The van der Waals surface area contributed by atoms with Crippen molar-refractivity contribution in [1.82, 2.24) is 0 Å². The van der Waals surface area contributed by atoms with E-state index >= 15 is 0 Å². The second-order valence-corrected chi connectivity index (χ2v) is 6.73. The molecule has 0 saturated carbocycles. The van der Waals surface area contributed by atoms with Crippen LogP contribution in [0.3, 0.4) is 0 Å². The van der Waals surface area contributed by atoms with Crippen molar-refractivity contribution >= 4 is 29.3 Å². The third kappa shape index (κ3) is 3.42. The molecule has 120 valence electrons. The van der Waals surface area contributed by atoms with E-state index in [1.54, 1.807) is 36.4 Å². The minimum absolute atomic E-state index is 0.0775. The van der Waals surface area contributed by atoms with E-state index in [0.29, 0.717) is 16.8 Å². The summed E-state index contributed by atoms with van der Waals surface area (Å²) >= 11 is 1.46. The number of nitrogens with zero attached hydrogens (tertiary/aromatic N) is 1. The van der Waals surface area contributed by atoms with Gasteiger partial charge in [0.15, 0.2) is 0 Å². The van der Waals surface area contributed by atoms with Crippen LogP contribution in [-0.4, -0.2) is 17.1 Å². The molecular weight excluding hydrogens is 324 g/mol. The number of hydrogen-bond donors (Lipinski definition) is 1. The van der Waals surface area contributed by atoms with Crippen molar-refractivity contribution in [3.63, 3.8) is 0 Å². The van der Waals surface area contributed by atoms with Crippen molar-refractivity contribution in [2.75, 3.05) is 5.32 Å². The molecule has 1 N–H and O–H groups in total. The maximum absolute atomic E-state index is 12.2. The van der Waals surface area contributed by atoms with Gasteiger partial charge in [0.2, 0.25) is 5.91 Å². The van der Waals surface area contributed by atoms with Gasteiger partial charge in [0.05, 0.1) is 28.1 Å². The van der Waals surface area contributed by atoms with Crippen LogP contribution in [-0.2, 0) is 16.1 Å². The molecule has 3 rings (SSSR count). The number of amides is 1. The van der Waals surface area contributed by atoms with Crippen LogP contribution in [0.5, 0.6) is 0 Å². The maximum Gasteiger partial charge on any atom is 0.338 e. The minimum atomic E-state index is -0.474. The summed E-state index contributed by atoms with van der Waals surface area (Å²) in [4.78, 5) is 24.9. The molecule has 1 heterocycles. The molecule has 1 unspecified atom stereocenters. The zero-order valence-electron chi connectivity index (χ0n) is 12.9. The van der Waals surface area contributed by atoms with Crippen LogP contribution in [0.15, 0.2) is 47.4 Å². The van der Waals surface area contributed by atoms with Crippen molar-refractivity contribution in [3.05, 3.63) is 59.2 Å². The predicted molar refractivity (Wildman–Crippen MR) is 90.7 cm³/mol. The van der Waals surface area contributed by atoms with Gasteiger partial charge < -0.3 is 10.1 Å². The average Bonchev–Trinajstić information content (AvgIpc) is 2.60. The lowest BCUT2D eigenvalue weighted by Crippen LogP contribution is -2.26. The zero-order valence-corrected chi connectivity index (χ0v) is 13.7. The van der Waals surface area contributed by atoms with Gasteiger partial charge in [0, 0.05) is 4.90 Å². The Kier molecular flexibility index (Phi) is 4.54. The summed E-state index contributed by atoms with van der Waals surface area (Å²) in [5.41, 5.74) is 2.27. The fourth-order valence-electron chi connectivity index (χ4n) is 2.30. The standard InChI is InChI=1S/C18H14N2O3S/c1-11-17(21)20-15-8-14(5-6-16(15)24-11)18(22)23-10-13-4-2-3-12(7-13)9-19/h2-8,11H,10H2,1H3,(H,20,21). The number of benzene rings is 2. The van der Waals surface area contributed by atoms with Gasteiger partial charge in [-0.05, 0) is 42.8 Å². The number of esters is 1. The Hall–Kier alpha value is -2.78. The lowest BCUT2D eigenvalue weighted by Gasteiger charge is -2.21. The van der Waals surface area contributed by atoms with E-state index in [1.807, 2.05) is 19.1 Å². The predicted octanol–water partition coefficient (Wildman–Crippen LogP) is 3.35. The Morgan fingerprint density at radius 2 is 2.17 bits per heavy atom. The maximum atomic E-state index is 12.2. The molecule has 0 aromatic heterocycles. The van der Waals surface area contributed by atoms with E-state index in [9.17, 15) is 9.59 Å². The zero-order chi connectivity index (χ0) is 17.1. The van der Waals surface area contributed by atoms with Crippen molar-refractivity contribution < 1.29 is 14.3 Å². The molecule has 0 radical (unpaired) electrons. The SMILES string of the molecule is CC1Sc2ccc(C(=O)OCc3cccc(C#N)c3)cc2NC1=O. The van der Waals surface area contributed by atoms with Gasteiger partial charge in [-0.2, -0.15) is 5.26 Å². The van der Waals surface area contributed by atoms with Crippen molar-refractivity contribution in [1.29, 1.82) is 5.26 Å². The molecule has 1 aliphatic rings. The van der Waals surface area contributed by atoms with Gasteiger partial charge in [0.25, 0.3) is 0 Å². The molecule has 5 nitrogen and oxygen atoms in total. The first kappa shape index (κ1) is 16.1. The molecule has 0 fully saturated rings. The summed E-state index contributed by atoms with van der Waals surface area (Å²) < 4.78 is 5.28. The Morgan fingerprint density at radius 1 is 1.33 bits per heavy atom. The number of anilines is 1. The number of nitrogens with one attached hydrogen (secondary N) is 1. The molecule has 0 bridgehead atoms. The Bertz CT molecular complexity index is 858. The minimum Gasteiger partial charge on any atom is -0.457 e. The second-order valence-electron chi connectivity index (χ2n) is 5.35. The molecule has 6 heteroatoms. The highest BCUT2D eigenvalue weighted by Crippen LogP contribution is 2.36. The number of nitriles is 1.